The Morgan fingerprint density at radius 2 is 1.71 bits per heavy atom. The summed E-state index contributed by atoms with van der Waals surface area (Å²) in [4.78, 5) is 28.5. The molecule has 0 radical (unpaired) electrons. The second-order valence-electron chi connectivity index (χ2n) is 11.4. The predicted molar refractivity (Wildman–Crippen MR) is 168 cm³/mol. The number of carbonyl (C=O) groups is 2. The molecule has 0 aromatic heterocycles. The van der Waals surface area contributed by atoms with Gasteiger partial charge in [-0.2, -0.15) is 0 Å². The summed E-state index contributed by atoms with van der Waals surface area (Å²) in [5, 5.41) is 13.7. The van der Waals surface area contributed by atoms with Gasteiger partial charge in [-0.3, -0.25) is 14.5 Å². The quantitative estimate of drug-likeness (QED) is 0.228. The third kappa shape index (κ3) is 7.07. The predicted octanol–water partition coefficient (Wildman–Crippen LogP) is 5.88. The molecular formula is C35H41FN2O7. The summed E-state index contributed by atoms with van der Waals surface area (Å²) in [7, 11) is 0. The van der Waals surface area contributed by atoms with E-state index in [9.17, 15) is 14.7 Å². The van der Waals surface area contributed by atoms with Crippen molar-refractivity contribution in [3.05, 3.63) is 82.2 Å². The number of carboxylic acids is 1. The number of fused-ring (bicyclic) bond motifs is 1. The van der Waals surface area contributed by atoms with Crippen LogP contribution in [-0.2, 0) is 27.2 Å². The number of carbonyl (C=O) groups excluding carboxylic acids is 1. The zero-order valence-corrected chi connectivity index (χ0v) is 26.2. The molecular weight excluding hydrogens is 579 g/mol. The van der Waals surface area contributed by atoms with Crippen LogP contribution >= 0.6 is 0 Å². The molecule has 45 heavy (non-hydrogen) atoms. The van der Waals surface area contributed by atoms with Gasteiger partial charge < -0.3 is 29.4 Å². The molecule has 10 heteroatoms. The molecule has 0 aliphatic carbocycles. The van der Waals surface area contributed by atoms with Crippen LogP contribution < -0.4 is 19.5 Å². The zero-order chi connectivity index (χ0) is 32.1. The number of likely N-dealkylation sites (tertiary alicyclic amines) is 1. The molecule has 1 saturated heterocycles. The zero-order valence-electron chi connectivity index (χ0n) is 26.2. The van der Waals surface area contributed by atoms with Crippen molar-refractivity contribution in [1.82, 2.24) is 4.90 Å². The van der Waals surface area contributed by atoms with E-state index in [0.29, 0.717) is 31.1 Å². The molecule has 0 spiro atoms. The number of carboxylic acid groups (broad SMARTS) is 1. The maximum absolute atomic E-state index is 15.0. The van der Waals surface area contributed by atoms with Gasteiger partial charge in [-0.15, -0.1) is 0 Å². The highest BCUT2D eigenvalue weighted by atomic mass is 19.1. The summed E-state index contributed by atoms with van der Waals surface area (Å²) in [6, 6.07) is 13.7. The number of benzene rings is 3. The Bertz CT molecular complexity index is 1500. The van der Waals surface area contributed by atoms with Crippen molar-refractivity contribution >= 4 is 17.6 Å². The largest absolute Gasteiger partial charge is 0.491 e. The van der Waals surface area contributed by atoms with Gasteiger partial charge >= 0.3 is 5.97 Å². The molecule has 2 aliphatic heterocycles. The monoisotopic (exact) mass is 620 g/mol. The normalized spacial score (nSPS) is 19.1. The smallest absolute Gasteiger partial charge is 0.309 e. The van der Waals surface area contributed by atoms with Crippen LogP contribution in [0.2, 0.25) is 0 Å². The summed E-state index contributed by atoms with van der Waals surface area (Å²) in [6.07, 6.45) is 1.52. The van der Waals surface area contributed by atoms with Crippen molar-refractivity contribution in [2.45, 2.75) is 52.5 Å². The fourth-order valence-corrected chi connectivity index (χ4v) is 6.48. The van der Waals surface area contributed by atoms with Crippen LogP contribution in [0.1, 0.15) is 60.5 Å². The highest BCUT2D eigenvalue weighted by Crippen LogP contribution is 2.48. The molecule has 3 aromatic rings. The van der Waals surface area contributed by atoms with Crippen LogP contribution in [0.3, 0.4) is 0 Å². The molecule has 0 bridgehead atoms. The number of halogens is 1. The molecule has 0 saturated carbocycles. The lowest BCUT2D eigenvalue weighted by atomic mass is 9.82. The van der Waals surface area contributed by atoms with E-state index in [2.05, 4.69) is 31.3 Å². The van der Waals surface area contributed by atoms with Crippen molar-refractivity contribution in [2.75, 3.05) is 45.0 Å². The lowest BCUT2D eigenvalue weighted by molar-refractivity contribution is -0.143. The van der Waals surface area contributed by atoms with Crippen LogP contribution in [0.25, 0.3) is 0 Å². The maximum Gasteiger partial charge on any atom is 0.309 e. The molecule has 9 nitrogen and oxygen atoms in total. The number of ether oxygens (including phenoxy) is 4. The summed E-state index contributed by atoms with van der Waals surface area (Å²) < 4.78 is 36.8. The molecule has 2 N–H and O–H groups in total. The Morgan fingerprint density at radius 1 is 1.00 bits per heavy atom. The third-order valence-electron chi connectivity index (χ3n) is 8.50. The molecule has 3 atom stereocenters. The van der Waals surface area contributed by atoms with Gasteiger partial charge in [-0.05, 0) is 73.2 Å². The average molecular weight is 621 g/mol. The van der Waals surface area contributed by atoms with Gasteiger partial charge in [-0.1, -0.05) is 43.7 Å². The number of nitrogens with zero attached hydrogens (tertiary/aromatic N) is 1. The fraction of sp³-hybridized carbons (Fsp3) is 0.429. The number of aliphatic carboxylic acids is 1. The van der Waals surface area contributed by atoms with E-state index < -0.39 is 29.7 Å². The molecule has 1 amide bonds. The first-order valence-electron chi connectivity index (χ1n) is 15.5. The van der Waals surface area contributed by atoms with Crippen LogP contribution in [-0.4, -0.2) is 61.6 Å². The minimum atomic E-state index is -1.04. The second-order valence-corrected chi connectivity index (χ2v) is 11.4. The second kappa shape index (κ2) is 14.3. The Kier molecular flexibility index (Phi) is 10.2. The number of rotatable bonds is 13. The van der Waals surface area contributed by atoms with E-state index in [1.165, 1.54) is 6.07 Å². The van der Waals surface area contributed by atoms with E-state index >= 15 is 4.39 Å². The van der Waals surface area contributed by atoms with Crippen LogP contribution in [0.15, 0.2) is 48.5 Å². The van der Waals surface area contributed by atoms with Gasteiger partial charge in [-0.25, -0.2) is 4.39 Å². The van der Waals surface area contributed by atoms with Crippen molar-refractivity contribution in [3.8, 4) is 17.2 Å². The Morgan fingerprint density at radius 3 is 2.36 bits per heavy atom. The first-order valence-corrected chi connectivity index (χ1v) is 15.5. The highest BCUT2D eigenvalue weighted by Gasteiger charge is 2.48. The minimum absolute atomic E-state index is 0.0212. The number of amides is 1. The summed E-state index contributed by atoms with van der Waals surface area (Å²) in [5.41, 5.74) is 5.24. The lowest BCUT2D eigenvalue weighted by Gasteiger charge is -2.27. The first-order chi connectivity index (χ1) is 21.7. The molecule has 240 valence electrons. The SMILES string of the molecule is CCOCCOc1ccc([C@H]2[C@H](C(=O)O)[C@@H](c3cc(F)c4c(c3)OCO4)CN2CC(=O)Nc2c(CC)cc(C)cc2CC)cc1. The third-order valence-corrected chi connectivity index (χ3v) is 8.50. The van der Waals surface area contributed by atoms with E-state index in [-0.39, 0.29) is 37.3 Å². The number of hydrogen-bond donors (Lipinski definition) is 2. The first kappa shape index (κ1) is 32.2. The van der Waals surface area contributed by atoms with Crippen molar-refractivity contribution in [3.63, 3.8) is 0 Å². The van der Waals surface area contributed by atoms with Gasteiger partial charge in [0.15, 0.2) is 11.6 Å². The molecule has 2 heterocycles. The summed E-state index contributed by atoms with van der Waals surface area (Å²) >= 11 is 0. The number of hydrogen-bond acceptors (Lipinski definition) is 7. The van der Waals surface area contributed by atoms with E-state index in [0.717, 1.165) is 40.8 Å². The van der Waals surface area contributed by atoms with Crippen molar-refractivity contribution in [2.24, 2.45) is 5.92 Å². The van der Waals surface area contributed by atoms with Crippen molar-refractivity contribution in [1.29, 1.82) is 0 Å². The van der Waals surface area contributed by atoms with Gasteiger partial charge in [0.05, 0.1) is 19.1 Å². The maximum atomic E-state index is 15.0. The molecule has 5 rings (SSSR count). The van der Waals surface area contributed by atoms with Crippen LogP contribution in [0, 0.1) is 18.7 Å². The number of nitrogens with one attached hydrogen (secondary N) is 1. The van der Waals surface area contributed by atoms with Gasteiger partial charge in [0, 0.05) is 30.8 Å². The van der Waals surface area contributed by atoms with Crippen LogP contribution in [0.5, 0.6) is 17.2 Å². The van der Waals surface area contributed by atoms with Gasteiger partial charge in [0.1, 0.15) is 12.4 Å². The summed E-state index contributed by atoms with van der Waals surface area (Å²) in [5.74, 6) is -2.59. The van der Waals surface area contributed by atoms with E-state index in [1.807, 2.05) is 30.9 Å². The minimum Gasteiger partial charge on any atom is -0.491 e. The lowest BCUT2D eigenvalue weighted by Crippen LogP contribution is -2.35. The standard InChI is InChI=1S/C35H41FN2O7/c1-5-22-14-21(4)15-23(6-2)32(22)37-30(39)19-38-18-27(25-16-28(36)34-29(17-25)44-20-45-34)31(35(40)41)33(38)24-8-10-26(11-9-24)43-13-12-42-7-3/h8-11,14-17,27,31,33H,5-7,12-13,18-20H2,1-4H3,(H,37,39)(H,40,41)/t27-,31-,33+/m1/s1. The fourth-order valence-electron chi connectivity index (χ4n) is 6.48. The van der Waals surface area contributed by atoms with E-state index in [1.54, 1.807) is 18.2 Å². The Hall–Kier alpha value is -4.15. The molecule has 1 fully saturated rings. The highest BCUT2D eigenvalue weighted by molar-refractivity contribution is 5.94. The summed E-state index contributed by atoms with van der Waals surface area (Å²) in [6.45, 7) is 9.57. The number of aryl methyl sites for hydroxylation is 3. The number of anilines is 1. The molecule has 0 unspecified atom stereocenters. The Balaban J connectivity index is 1.47. The van der Waals surface area contributed by atoms with Crippen LogP contribution in [0.4, 0.5) is 10.1 Å². The average Bonchev–Trinajstić information content (AvgIpc) is 3.66. The molecule has 3 aromatic carbocycles. The van der Waals surface area contributed by atoms with Gasteiger partial charge in [0.2, 0.25) is 18.4 Å². The Labute approximate surface area is 263 Å². The topological polar surface area (TPSA) is 107 Å². The van der Waals surface area contributed by atoms with Crippen molar-refractivity contribution < 1.29 is 38.0 Å². The van der Waals surface area contributed by atoms with E-state index in [4.69, 9.17) is 18.9 Å². The van der Waals surface area contributed by atoms with Gasteiger partial charge in [0.25, 0.3) is 0 Å². The molecule has 2 aliphatic rings.